The molecule has 0 bridgehead atoms. The number of nitrogen functional groups attached to an aromatic ring is 1. The lowest BCUT2D eigenvalue weighted by Gasteiger charge is -2.10. The summed E-state index contributed by atoms with van der Waals surface area (Å²) in [7, 11) is 0. The number of ether oxygens (including phenoxy) is 1. The van der Waals surface area contributed by atoms with Crippen molar-refractivity contribution >= 4 is 56.4 Å². The SMILES string of the molecule is Nc1cc(Br)cc(COc2cc(Cl)c(Cl)cc2Cl)c1. The lowest BCUT2D eigenvalue weighted by Crippen LogP contribution is -1.97. The van der Waals surface area contributed by atoms with Gasteiger partial charge in [-0.3, -0.25) is 0 Å². The lowest BCUT2D eigenvalue weighted by atomic mass is 10.2. The van der Waals surface area contributed by atoms with Gasteiger partial charge in [-0.2, -0.15) is 0 Å². The molecule has 0 fully saturated rings. The summed E-state index contributed by atoms with van der Waals surface area (Å²) >= 11 is 21.2. The van der Waals surface area contributed by atoms with Gasteiger partial charge in [0.25, 0.3) is 0 Å². The first-order valence-electron chi connectivity index (χ1n) is 5.28. The molecular weight excluding hydrogens is 372 g/mol. The van der Waals surface area contributed by atoms with Crippen LogP contribution in [-0.4, -0.2) is 0 Å². The minimum Gasteiger partial charge on any atom is -0.487 e. The third kappa shape index (κ3) is 3.93. The third-order valence-corrected chi connectivity index (χ3v) is 3.82. The van der Waals surface area contributed by atoms with Crippen LogP contribution in [0.1, 0.15) is 5.56 Å². The number of benzene rings is 2. The maximum absolute atomic E-state index is 6.03. The van der Waals surface area contributed by atoms with Crippen LogP contribution < -0.4 is 10.5 Å². The quantitative estimate of drug-likeness (QED) is 0.557. The van der Waals surface area contributed by atoms with Gasteiger partial charge in [0.2, 0.25) is 0 Å². The molecule has 0 aromatic heterocycles. The standard InChI is InChI=1S/C13H9BrCl3NO/c14-8-1-7(2-9(18)3-8)6-19-13-5-11(16)10(15)4-12(13)17/h1-5H,6,18H2. The normalized spacial score (nSPS) is 10.5. The van der Waals surface area contributed by atoms with Gasteiger partial charge in [-0.25, -0.2) is 0 Å². The number of rotatable bonds is 3. The van der Waals surface area contributed by atoms with Crippen molar-refractivity contribution in [1.82, 2.24) is 0 Å². The summed E-state index contributed by atoms with van der Waals surface area (Å²) in [5.41, 5.74) is 7.34. The zero-order valence-electron chi connectivity index (χ0n) is 9.59. The van der Waals surface area contributed by atoms with Gasteiger partial charge in [0.05, 0.1) is 15.1 Å². The molecule has 0 heterocycles. The Balaban J connectivity index is 2.16. The number of nitrogens with two attached hydrogens (primary N) is 1. The molecule has 0 radical (unpaired) electrons. The van der Waals surface area contributed by atoms with Gasteiger partial charge in [-0.05, 0) is 29.8 Å². The fourth-order valence-corrected chi connectivity index (χ4v) is 2.68. The highest BCUT2D eigenvalue weighted by atomic mass is 79.9. The van der Waals surface area contributed by atoms with Gasteiger partial charge in [0.1, 0.15) is 12.4 Å². The third-order valence-electron chi connectivity index (χ3n) is 2.35. The Morgan fingerprint density at radius 2 is 1.63 bits per heavy atom. The zero-order chi connectivity index (χ0) is 14.0. The Hall–Kier alpha value is -0.610. The highest BCUT2D eigenvalue weighted by molar-refractivity contribution is 9.10. The van der Waals surface area contributed by atoms with Gasteiger partial charge in [0.15, 0.2) is 0 Å². The van der Waals surface area contributed by atoms with Crippen molar-refractivity contribution in [3.05, 3.63) is 55.4 Å². The summed E-state index contributed by atoms with van der Waals surface area (Å²) in [6.45, 7) is 0.335. The molecule has 2 nitrogen and oxygen atoms in total. The molecule has 0 amide bonds. The minimum absolute atomic E-state index is 0.335. The summed E-state index contributed by atoms with van der Waals surface area (Å²) in [4.78, 5) is 0. The Kier molecular flexibility index (Phi) is 4.85. The molecule has 0 aliphatic carbocycles. The van der Waals surface area contributed by atoms with Gasteiger partial charge in [0, 0.05) is 16.2 Å². The molecule has 0 spiro atoms. The van der Waals surface area contributed by atoms with Crippen LogP contribution in [-0.2, 0) is 6.61 Å². The van der Waals surface area contributed by atoms with Gasteiger partial charge in [-0.1, -0.05) is 50.7 Å². The van der Waals surface area contributed by atoms with Crippen molar-refractivity contribution < 1.29 is 4.74 Å². The van der Waals surface area contributed by atoms with E-state index in [1.165, 1.54) is 0 Å². The van der Waals surface area contributed by atoms with Crippen LogP contribution in [0.25, 0.3) is 0 Å². The van der Waals surface area contributed by atoms with E-state index in [9.17, 15) is 0 Å². The average molecular weight is 381 g/mol. The van der Waals surface area contributed by atoms with Crippen LogP contribution in [0, 0.1) is 0 Å². The van der Waals surface area contributed by atoms with E-state index in [2.05, 4.69) is 15.9 Å². The topological polar surface area (TPSA) is 35.2 Å². The molecule has 2 N–H and O–H groups in total. The van der Waals surface area contributed by atoms with E-state index in [0.29, 0.717) is 33.1 Å². The van der Waals surface area contributed by atoms with Crippen LogP contribution >= 0.6 is 50.7 Å². The predicted molar refractivity (Wildman–Crippen MR) is 84.4 cm³/mol. The Morgan fingerprint density at radius 3 is 2.32 bits per heavy atom. The molecule has 0 atom stereocenters. The second-order valence-electron chi connectivity index (χ2n) is 3.88. The summed E-state index contributed by atoms with van der Waals surface area (Å²) in [6, 6.07) is 8.71. The number of hydrogen-bond acceptors (Lipinski definition) is 2. The lowest BCUT2D eigenvalue weighted by molar-refractivity contribution is 0.306. The molecule has 0 saturated heterocycles. The average Bonchev–Trinajstić information content (AvgIpc) is 2.31. The molecular formula is C13H9BrCl3NO. The van der Waals surface area contributed by atoms with E-state index in [0.717, 1.165) is 10.0 Å². The molecule has 0 unspecified atom stereocenters. The van der Waals surface area contributed by atoms with Crippen molar-refractivity contribution in [2.45, 2.75) is 6.61 Å². The van der Waals surface area contributed by atoms with Crippen LogP contribution in [0.5, 0.6) is 5.75 Å². The first-order valence-corrected chi connectivity index (χ1v) is 7.20. The van der Waals surface area contributed by atoms with Gasteiger partial charge in [-0.15, -0.1) is 0 Å². The van der Waals surface area contributed by atoms with Crippen molar-refractivity contribution in [2.75, 3.05) is 5.73 Å². The van der Waals surface area contributed by atoms with E-state index in [-0.39, 0.29) is 0 Å². The fraction of sp³-hybridized carbons (Fsp3) is 0.0769. The fourth-order valence-electron chi connectivity index (χ4n) is 1.53. The minimum atomic E-state index is 0.335. The molecule has 19 heavy (non-hydrogen) atoms. The molecule has 2 aromatic carbocycles. The van der Waals surface area contributed by atoms with E-state index >= 15 is 0 Å². The van der Waals surface area contributed by atoms with E-state index in [4.69, 9.17) is 45.3 Å². The van der Waals surface area contributed by atoms with Crippen molar-refractivity contribution in [2.24, 2.45) is 0 Å². The number of halogens is 4. The van der Waals surface area contributed by atoms with Crippen LogP contribution in [0.4, 0.5) is 5.69 Å². The van der Waals surface area contributed by atoms with E-state index < -0.39 is 0 Å². The second kappa shape index (κ2) is 6.23. The Bertz CT molecular complexity index is 599. The smallest absolute Gasteiger partial charge is 0.139 e. The Morgan fingerprint density at radius 1 is 0.947 bits per heavy atom. The maximum Gasteiger partial charge on any atom is 0.139 e. The van der Waals surface area contributed by atoms with Crippen molar-refractivity contribution in [1.29, 1.82) is 0 Å². The Labute approximate surface area is 134 Å². The summed E-state index contributed by atoms with van der Waals surface area (Å²) in [6.07, 6.45) is 0. The maximum atomic E-state index is 6.03. The molecule has 100 valence electrons. The first-order chi connectivity index (χ1) is 8.95. The van der Waals surface area contributed by atoms with Crippen LogP contribution in [0.2, 0.25) is 15.1 Å². The molecule has 6 heteroatoms. The zero-order valence-corrected chi connectivity index (χ0v) is 13.4. The molecule has 2 aromatic rings. The first kappa shape index (κ1) is 14.8. The van der Waals surface area contributed by atoms with Gasteiger partial charge < -0.3 is 10.5 Å². The highest BCUT2D eigenvalue weighted by Gasteiger charge is 2.07. The van der Waals surface area contributed by atoms with E-state index in [1.807, 2.05) is 18.2 Å². The second-order valence-corrected chi connectivity index (χ2v) is 6.02. The number of hydrogen-bond donors (Lipinski definition) is 1. The highest BCUT2D eigenvalue weighted by Crippen LogP contribution is 2.34. The van der Waals surface area contributed by atoms with Gasteiger partial charge >= 0.3 is 0 Å². The van der Waals surface area contributed by atoms with E-state index in [1.54, 1.807) is 12.1 Å². The predicted octanol–water partition coefficient (Wildman–Crippen LogP) is 5.57. The molecule has 2 rings (SSSR count). The largest absolute Gasteiger partial charge is 0.487 e. The molecule has 0 saturated carbocycles. The van der Waals surface area contributed by atoms with Crippen molar-refractivity contribution in [3.8, 4) is 5.75 Å². The molecule has 0 aliphatic rings. The molecule has 0 aliphatic heterocycles. The number of anilines is 1. The monoisotopic (exact) mass is 379 g/mol. The summed E-state index contributed by atoms with van der Waals surface area (Å²) in [5, 5.41) is 1.21. The summed E-state index contributed by atoms with van der Waals surface area (Å²) < 4.78 is 6.51. The van der Waals surface area contributed by atoms with Crippen LogP contribution in [0.3, 0.4) is 0 Å². The van der Waals surface area contributed by atoms with Crippen LogP contribution in [0.15, 0.2) is 34.8 Å². The summed E-state index contributed by atoms with van der Waals surface area (Å²) in [5.74, 6) is 0.481. The van der Waals surface area contributed by atoms with Crippen molar-refractivity contribution in [3.63, 3.8) is 0 Å².